The van der Waals surface area contributed by atoms with Gasteiger partial charge < -0.3 is 24.6 Å². The van der Waals surface area contributed by atoms with E-state index in [0.29, 0.717) is 28.1 Å². The van der Waals surface area contributed by atoms with Crippen molar-refractivity contribution in [1.29, 1.82) is 0 Å². The van der Waals surface area contributed by atoms with E-state index in [1.807, 2.05) is 19.2 Å². The summed E-state index contributed by atoms with van der Waals surface area (Å²) in [5.41, 5.74) is -1.01. The molecule has 1 aliphatic carbocycles. The molecule has 2 N–H and O–H groups in total. The number of pyridine rings is 1. The normalized spacial score (nSPS) is 22.1. The van der Waals surface area contributed by atoms with Crippen LogP contribution in [0.15, 0.2) is 42.3 Å². The van der Waals surface area contributed by atoms with Crippen molar-refractivity contribution in [2.75, 3.05) is 18.6 Å². The van der Waals surface area contributed by atoms with Gasteiger partial charge in [0.1, 0.15) is 39.5 Å². The van der Waals surface area contributed by atoms with Crippen molar-refractivity contribution in [2.45, 2.75) is 76.8 Å². The fourth-order valence-electron chi connectivity index (χ4n) is 5.58. The van der Waals surface area contributed by atoms with Crippen LogP contribution < -0.4 is 15.0 Å². The molecule has 2 aliphatic rings. The van der Waals surface area contributed by atoms with Gasteiger partial charge in [-0.3, -0.25) is 14.6 Å². The summed E-state index contributed by atoms with van der Waals surface area (Å²) in [5.74, 6) is -0.773. The summed E-state index contributed by atoms with van der Waals surface area (Å²) < 4.78 is 17.4. The number of rotatable bonds is 9. The Morgan fingerprint density at radius 3 is 2.55 bits per heavy atom. The Morgan fingerprint density at radius 1 is 1.19 bits per heavy atom. The first-order valence-electron chi connectivity index (χ1n) is 15.1. The van der Waals surface area contributed by atoms with Crippen LogP contribution in [0.25, 0.3) is 21.7 Å². The van der Waals surface area contributed by atoms with Gasteiger partial charge in [0.15, 0.2) is 5.82 Å². The summed E-state index contributed by atoms with van der Waals surface area (Å²) >= 11 is 1.35. The fourth-order valence-corrected chi connectivity index (χ4v) is 6.34. The van der Waals surface area contributed by atoms with Crippen molar-refractivity contribution in [3.8, 4) is 17.4 Å². The SMILES string of the molecule is C=C[C@@H]1C[C@]1(NC(=O)[C@@H]1C[C@@H](Oc2nc(-c3cccc(N(C(=O)OC(C)(C)C)C(C)C)n3)nc3ccsc23)CN1C(=O)O)C(=O)OC. The number of fused-ring (bicyclic) bond motifs is 1. The van der Waals surface area contributed by atoms with Crippen molar-refractivity contribution in [1.82, 2.24) is 25.2 Å². The Bertz CT molecular complexity index is 1720. The molecule has 0 bridgehead atoms. The van der Waals surface area contributed by atoms with Gasteiger partial charge in [-0.1, -0.05) is 12.1 Å². The lowest BCUT2D eigenvalue weighted by Gasteiger charge is -2.29. The molecule has 4 atom stereocenters. The predicted octanol–water partition coefficient (Wildman–Crippen LogP) is 4.64. The molecular formula is C32H38N6O8S. The topological polar surface area (TPSA) is 173 Å². The van der Waals surface area contributed by atoms with Crippen LogP contribution in [0.4, 0.5) is 15.4 Å². The molecule has 47 heavy (non-hydrogen) atoms. The van der Waals surface area contributed by atoms with E-state index in [4.69, 9.17) is 14.2 Å². The number of thiophene rings is 1. The van der Waals surface area contributed by atoms with Gasteiger partial charge in [-0.15, -0.1) is 17.9 Å². The summed E-state index contributed by atoms with van der Waals surface area (Å²) in [6.07, 6.45) is -0.679. The molecule has 1 saturated carbocycles. The van der Waals surface area contributed by atoms with Crippen molar-refractivity contribution in [2.24, 2.45) is 5.92 Å². The minimum Gasteiger partial charge on any atom is -0.471 e. The molecule has 15 heteroatoms. The highest BCUT2D eigenvalue weighted by molar-refractivity contribution is 7.17. The third-order valence-electron chi connectivity index (χ3n) is 7.87. The molecule has 0 aromatic carbocycles. The molecule has 3 aromatic heterocycles. The molecule has 3 aromatic rings. The highest BCUT2D eigenvalue weighted by Crippen LogP contribution is 2.45. The molecule has 1 aliphatic heterocycles. The van der Waals surface area contributed by atoms with E-state index in [0.717, 1.165) is 4.90 Å². The molecule has 3 amide bonds. The predicted molar refractivity (Wildman–Crippen MR) is 173 cm³/mol. The summed E-state index contributed by atoms with van der Waals surface area (Å²) in [6.45, 7) is 12.7. The van der Waals surface area contributed by atoms with E-state index in [1.165, 1.54) is 23.3 Å². The highest BCUT2D eigenvalue weighted by atomic mass is 32.1. The first-order chi connectivity index (χ1) is 22.2. The number of nitrogens with zero attached hydrogens (tertiary/aromatic N) is 5. The molecule has 5 rings (SSSR count). The molecule has 250 valence electrons. The van der Waals surface area contributed by atoms with Crippen molar-refractivity contribution >= 4 is 51.4 Å². The van der Waals surface area contributed by atoms with Crippen LogP contribution in [-0.2, 0) is 19.1 Å². The first kappa shape index (κ1) is 33.6. The van der Waals surface area contributed by atoms with Crippen LogP contribution >= 0.6 is 11.3 Å². The molecular weight excluding hydrogens is 628 g/mol. The van der Waals surface area contributed by atoms with Gasteiger partial charge in [-0.2, -0.15) is 4.98 Å². The minimum atomic E-state index is -1.30. The molecule has 1 saturated heterocycles. The third kappa shape index (κ3) is 6.84. The maximum atomic E-state index is 13.4. The van der Waals surface area contributed by atoms with Crippen LogP contribution in [0.1, 0.15) is 47.5 Å². The number of carbonyl (C=O) groups is 4. The Morgan fingerprint density at radius 2 is 1.94 bits per heavy atom. The summed E-state index contributed by atoms with van der Waals surface area (Å²) in [7, 11) is 1.23. The monoisotopic (exact) mass is 666 g/mol. The van der Waals surface area contributed by atoms with Gasteiger partial charge in [0.25, 0.3) is 0 Å². The van der Waals surface area contributed by atoms with Crippen LogP contribution in [-0.4, -0.2) is 92.0 Å². The van der Waals surface area contributed by atoms with Gasteiger partial charge in [-0.05, 0) is 64.6 Å². The van der Waals surface area contributed by atoms with E-state index < -0.39 is 47.3 Å². The highest BCUT2D eigenvalue weighted by Gasteiger charge is 2.62. The zero-order valence-corrected chi connectivity index (χ0v) is 27.9. The van der Waals surface area contributed by atoms with Crippen molar-refractivity contribution < 1.29 is 38.5 Å². The number of nitrogens with one attached hydrogen (secondary N) is 1. The summed E-state index contributed by atoms with van der Waals surface area (Å²) in [5, 5.41) is 14.5. The number of amides is 3. The van der Waals surface area contributed by atoms with Gasteiger partial charge in [0.2, 0.25) is 11.8 Å². The average molecular weight is 667 g/mol. The largest absolute Gasteiger partial charge is 0.471 e. The quantitative estimate of drug-likeness (QED) is 0.241. The lowest BCUT2D eigenvalue weighted by atomic mass is 10.1. The number of carboxylic acid groups (broad SMARTS) is 1. The van der Waals surface area contributed by atoms with E-state index in [1.54, 1.807) is 51.1 Å². The van der Waals surface area contributed by atoms with Gasteiger partial charge in [0.05, 0.1) is 19.2 Å². The Kier molecular flexibility index (Phi) is 9.13. The Hall–Kier alpha value is -4.79. The second-order valence-corrected chi connectivity index (χ2v) is 13.7. The number of aromatic nitrogens is 3. The number of hydrogen-bond acceptors (Lipinski definition) is 11. The van der Waals surface area contributed by atoms with Crippen molar-refractivity contribution in [3.05, 3.63) is 42.3 Å². The van der Waals surface area contributed by atoms with E-state index in [-0.39, 0.29) is 36.6 Å². The number of likely N-dealkylation sites (tertiary alicyclic amines) is 1. The van der Waals surface area contributed by atoms with Crippen LogP contribution in [0.3, 0.4) is 0 Å². The number of anilines is 1. The lowest BCUT2D eigenvalue weighted by Crippen LogP contribution is -2.53. The zero-order valence-electron chi connectivity index (χ0n) is 27.1. The number of ether oxygens (including phenoxy) is 3. The van der Waals surface area contributed by atoms with Crippen LogP contribution in [0.2, 0.25) is 0 Å². The summed E-state index contributed by atoms with van der Waals surface area (Å²) in [6, 6.07) is 5.57. The molecule has 4 heterocycles. The molecule has 0 radical (unpaired) electrons. The third-order valence-corrected chi connectivity index (χ3v) is 8.77. The average Bonchev–Trinajstić information content (AvgIpc) is 3.29. The maximum Gasteiger partial charge on any atom is 0.416 e. The van der Waals surface area contributed by atoms with E-state index in [9.17, 15) is 24.3 Å². The standard InChI is InChI=1S/C32H38N6O8S/c1-8-18-15-32(18,28(40)44-7)36-26(39)22-14-19(16-37(22)29(41)42)45-27-24-20(12-13-47-24)34-25(35-27)21-10-9-11-23(33-21)38(17(2)3)30(43)46-31(4,5)6/h8-13,17-19,22H,1,14-16H2,2-7H3,(H,36,39)(H,41,42)/t18-,19-,22+,32-/m1/s1. The van der Waals surface area contributed by atoms with Gasteiger partial charge in [0, 0.05) is 18.4 Å². The zero-order chi connectivity index (χ0) is 34.3. The molecule has 14 nitrogen and oxygen atoms in total. The molecule has 2 fully saturated rings. The number of methoxy groups -OCH3 is 1. The van der Waals surface area contributed by atoms with E-state index >= 15 is 0 Å². The van der Waals surface area contributed by atoms with Gasteiger partial charge >= 0.3 is 18.2 Å². The fraction of sp³-hybridized carbons (Fsp3) is 0.469. The summed E-state index contributed by atoms with van der Waals surface area (Å²) in [4.78, 5) is 67.6. The second kappa shape index (κ2) is 12.8. The van der Waals surface area contributed by atoms with Crippen LogP contribution in [0, 0.1) is 5.92 Å². The van der Waals surface area contributed by atoms with Crippen molar-refractivity contribution in [3.63, 3.8) is 0 Å². The van der Waals surface area contributed by atoms with E-state index in [2.05, 4.69) is 26.8 Å². The molecule has 0 spiro atoms. The lowest BCUT2D eigenvalue weighted by molar-refractivity contribution is -0.147. The second-order valence-electron chi connectivity index (χ2n) is 12.7. The number of esters is 1. The number of hydrogen-bond donors (Lipinski definition) is 2. The first-order valence-corrected chi connectivity index (χ1v) is 16.0. The van der Waals surface area contributed by atoms with Gasteiger partial charge in [-0.25, -0.2) is 24.4 Å². The Balaban J connectivity index is 1.41. The molecule has 0 unspecified atom stereocenters. The van der Waals surface area contributed by atoms with Crippen LogP contribution in [0.5, 0.6) is 5.88 Å². The minimum absolute atomic E-state index is 0.0211. The smallest absolute Gasteiger partial charge is 0.416 e. The number of carbonyl (C=O) groups excluding carboxylic acids is 3. The maximum absolute atomic E-state index is 13.4. The Labute approximate surface area is 275 Å².